The topological polar surface area (TPSA) is 20.3 Å². The third kappa shape index (κ3) is 5.76. The van der Waals surface area contributed by atoms with Crippen LogP contribution in [0.15, 0.2) is 0 Å². The van der Waals surface area contributed by atoms with Crippen LogP contribution < -0.4 is 0 Å². The SMILES string of the molecule is CC(CCS)CCN1CCC(C(C)(C)C)CCC1=O. The summed E-state index contributed by atoms with van der Waals surface area (Å²) in [6.07, 6.45) is 5.23. The van der Waals surface area contributed by atoms with Gasteiger partial charge >= 0.3 is 0 Å². The molecule has 0 aromatic heterocycles. The second-order valence-electron chi connectivity index (χ2n) is 7.18. The zero-order valence-corrected chi connectivity index (χ0v) is 14.0. The number of likely N-dealkylation sites (tertiary alicyclic amines) is 1. The highest BCUT2D eigenvalue weighted by Crippen LogP contribution is 2.34. The third-order valence-electron chi connectivity index (χ3n) is 4.55. The molecule has 0 saturated carbocycles. The van der Waals surface area contributed by atoms with Gasteiger partial charge in [0.2, 0.25) is 5.91 Å². The molecule has 0 aromatic carbocycles. The van der Waals surface area contributed by atoms with Crippen molar-refractivity contribution in [3.63, 3.8) is 0 Å². The normalized spacial score (nSPS) is 23.3. The van der Waals surface area contributed by atoms with Crippen molar-refractivity contribution >= 4 is 18.5 Å². The number of carbonyl (C=O) groups is 1. The van der Waals surface area contributed by atoms with Crippen molar-refractivity contribution in [3.8, 4) is 0 Å². The average Bonchev–Trinajstić information content (AvgIpc) is 2.48. The van der Waals surface area contributed by atoms with E-state index >= 15 is 0 Å². The van der Waals surface area contributed by atoms with Crippen LogP contribution in [0, 0.1) is 17.3 Å². The molecule has 0 aromatic rings. The molecule has 0 radical (unpaired) electrons. The molecule has 2 atom stereocenters. The summed E-state index contributed by atoms with van der Waals surface area (Å²) < 4.78 is 0. The first kappa shape index (κ1) is 16.9. The van der Waals surface area contributed by atoms with Gasteiger partial charge in [0.15, 0.2) is 0 Å². The molecule has 1 aliphatic rings. The quantitative estimate of drug-likeness (QED) is 0.757. The second kappa shape index (κ2) is 7.56. The highest BCUT2D eigenvalue weighted by atomic mass is 32.1. The van der Waals surface area contributed by atoms with Crippen LogP contribution in [0.2, 0.25) is 0 Å². The Balaban J connectivity index is 2.45. The lowest BCUT2D eigenvalue weighted by Crippen LogP contribution is -2.32. The molecular formula is C16H31NOS. The maximum Gasteiger partial charge on any atom is 0.222 e. The van der Waals surface area contributed by atoms with Crippen molar-refractivity contribution in [3.05, 3.63) is 0 Å². The number of rotatable bonds is 5. The Morgan fingerprint density at radius 2 is 2.00 bits per heavy atom. The average molecular weight is 285 g/mol. The monoisotopic (exact) mass is 285 g/mol. The zero-order valence-electron chi connectivity index (χ0n) is 13.1. The van der Waals surface area contributed by atoms with Crippen LogP contribution in [-0.2, 0) is 4.79 Å². The van der Waals surface area contributed by atoms with E-state index in [0.717, 1.165) is 50.9 Å². The van der Waals surface area contributed by atoms with Gasteiger partial charge in [0.25, 0.3) is 0 Å². The lowest BCUT2D eigenvalue weighted by molar-refractivity contribution is -0.130. The number of hydrogen-bond donors (Lipinski definition) is 1. The molecule has 1 heterocycles. The lowest BCUT2D eigenvalue weighted by Gasteiger charge is -2.29. The number of nitrogens with zero attached hydrogens (tertiary/aromatic N) is 1. The number of hydrogen-bond acceptors (Lipinski definition) is 2. The fraction of sp³-hybridized carbons (Fsp3) is 0.938. The van der Waals surface area contributed by atoms with Crippen LogP contribution in [-0.4, -0.2) is 29.6 Å². The van der Waals surface area contributed by atoms with E-state index in [4.69, 9.17) is 0 Å². The summed E-state index contributed by atoms with van der Waals surface area (Å²) >= 11 is 4.28. The molecule has 2 nitrogen and oxygen atoms in total. The van der Waals surface area contributed by atoms with Gasteiger partial charge in [0, 0.05) is 19.5 Å². The highest BCUT2D eigenvalue weighted by molar-refractivity contribution is 7.80. The van der Waals surface area contributed by atoms with Gasteiger partial charge < -0.3 is 4.90 Å². The molecule has 3 heteroatoms. The van der Waals surface area contributed by atoms with E-state index in [1.807, 2.05) is 0 Å². The minimum absolute atomic E-state index is 0.329. The summed E-state index contributed by atoms with van der Waals surface area (Å²) in [7, 11) is 0. The molecule has 0 N–H and O–H groups in total. The van der Waals surface area contributed by atoms with Gasteiger partial charge in [-0.25, -0.2) is 0 Å². The van der Waals surface area contributed by atoms with E-state index in [1.54, 1.807) is 0 Å². The van der Waals surface area contributed by atoms with Gasteiger partial charge in [-0.1, -0.05) is 27.7 Å². The van der Waals surface area contributed by atoms with E-state index in [2.05, 4.69) is 45.2 Å². The van der Waals surface area contributed by atoms with Crippen molar-refractivity contribution in [1.82, 2.24) is 4.90 Å². The van der Waals surface area contributed by atoms with Crippen LogP contribution in [0.3, 0.4) is 0 Å². The second-order valence-corrected chi connectivity index (χ2v) is 7.62. The summed E-state index contributed by atoms with van der Waals surface area (Å²) in [6.45, 7) is 11.0. The summed E-state index contributed by atoms with van der Waals surface area (Å²) in [4.78, 5) is 14.3. The minimum Gasteiger partial charge on any atom is -0.343 e. The molecule has 0 spiro atoms. The summed E-state index contributed by atoms with van der Waals surface area (Å²) in [5.74, 6) is 2.66. The first-order valence-electron chi connectivity index (χ1n) is 7.73. The molecule has 1 amide bonds. The molecule has 1 rings (SSSR count). The molecule has 1 saturated heterocycles. The Labute approximate surface area is 124 Å². The smallest absolute Gasteiger partial charge is 0.222 e. The molecule has 1 fully saturated rings. The molecule has 19 heavy (non-hydrogen) atoms. The van der Waals surface area contributed by atoms with E-state index in [1.165, 1.54) is 0 Å². The van der Waals surface area contributed by atoms with Crippen LogP contribution in [0.1, 0.15) is 59.8 Å². The predicted octanol–water partition coefficient (Wildman–Crippen LogP) is 4.01. The molecular weight excluding hydrogens is 254 g/mol. The van der Waals surface area contributed by atoms with Gasteiger partial charge in [-0.15, -0.1) is 0 Å². The predicted molar refractivity (Wildman–Crippen MR) is 85.6 cm³/mol. The van der Waals surface area contributed by atoms with Crippen LogP contribution in [0.5, 0.6) is 0 Å². The van der Waals surface area contributed by atoms with Crippen LogP contribution >= 0.6 is 12.6 Å². The van der Waals surface area contributed by atoms with Crippen molar-refractivity contribution in [1.29, 1.82) is 0 Å². The minimum atomic E-state index is 0.329. The largest absolute Gasteiger partial charge is 0.343 e. The summed E-state index contributed by atoms with van der Waals surface area (Å²) in [5, 5.41) is 0. The molecule has 112 valence electrons. The number of thiol groups is 1. The Kier molecular flexibility index (Phi) is 6.72. The molecule has 0 aliphatic carbocycles. The molecule has 1 aliphatic heterocycles. The standard InChI is InChI=1S/C16H31NOS/c1-13(9-12-19)7-10-17-11-8-14(16(2,3)4)5-6-15(17)18/h13-14,19H,5-12H2,1-4H3. The molecule has 0 bridgehead atoms. The van der Waals surface area contributed by atoms with Crippen molar-refractivity contribution in [2.24, 2.45) is 17.3 Å². The molecule has 2 unspecified atom stereocenters. The van der Waals surface area contributed by atoms with Crippen molar-refractivity contribution < 1.29 is 4.79 Å². The van der Waals surface area contributed by atoms with E-state index in [-0.39, 0.29) is 0 Å². The lowest BCUT2D eigenvalue weighted by atomic mass is 9.77. The Bertz CT molecular complexity index is 285. The van der Waals surface area contributed by atoms with Crippen molar-refractivity contribution in [2.75, 3.05) is 18.8 Å². The van der Waals surface area contributed by atoms with Crippen molar-refractivity contribution in [2.45, 2.75) is 59.8 Å². The number of amides is 1. The van der Waals surface area contributed by atoms with E-state index in [0.29, 0.717) is 23.2 Å². The van der Waals surface area contributed by atoms with E-state index < -0.39 is 0 Å². The van der Waals surface area contributed by atoms with Gasteiger partial charge in [-0.2, -0.15) is 12.6 Å². The van der Waals surface area contributed by atoms with E-state index in [9.17, 15) is 4.79 Å². The Morgan fingerprint density at radius 1 is 1.32 bits per heavy atom. The Hall–Kier alpha value is -0.180. The zero-order chi connectivity index (χ0) is 14.5. The fourth-order valence-electron chi connectivity index (χ4n) is 2.88. The van der Waals surface area contributed by atoms with Gasteiger partial charge in [-0.3, -0.25) is 4.79 Å². The fourth-order valence-corrected chi connectivity index (χ4v) is 3.32. The summed E-state index contributed by atoms with van der Waals surface area (Å²) in [6, 6.07) is 0. The first-order valence-corrected chi connectivity index (χ1v) is 8.36. The highest BCUT2D eigenvalue weighted by Gasteiger charge is 2.29. The Morgan fingerprint density at radius 3 is 2.58 bits per heavy atom. The summed E-state index contributed by atoms with van der Waals surface area (Å²) in [5.41, 5.74) is 0.329. The van der Waals surface area contributed by atoms with Crippen LogP contribution in [0.25, 0.3) is 0 Å². The van der Waals surface area contributed by atoms with Gasteiger partial charge in [-0.05, 0) is 48.7 Å². The maximum absolute atomic E-state index is 12.2. The third-order valence-corrected chi connectivity index (χ3v) is 4.80. The van der Waals surface area contributed by atoms with Gasteiger partial charge in [0.1, 0.15) is 0 Å². The first-order chi connectivity index (χ1) is 8.84. The van der Waals surface area contributed by atoms with Crippen LogP contribution in [0.4, 0.5) is 0 Å². The number of carbonyl (C=O) groups excluding carboxylic acids is 1. The maximum atomic E-state index is 12.2. The van der Waals surface area contributed by atoms with Gasteiger partial charge in [0.05, 0.1) is 0 Å².